The van der Waals surface area contributed by atoms with Gasteiger partial charge >= 0.3 is 6.09 Å². The lowest BCUT2D eigenvalue weighted by atomic mass is 9.98. The first-order chi connectivity index (χ1) is 12.3. The fraction of sp³-hybridized carbons (Fsp3) is 0.381. The van der Waals surface area contributed by atoms with Gasteiger partial charge in [-0.25, -0.2) is 9.18 Å². The molecule has 0 radical (unpaired) electrons. The molecule has 1 atom stereocenters. The van der Waals surface area contributed by atoms with E-state index in [0.717, 1.165) is 11.1 Å². The summed E-state index contributed by atoms with van der Waals surface area (Å²) in [5, 5.41) is 3.27. The van der Waals surface area contributed by atoms with Gasteiger partial charge in [0.2, 0.25) is 0 Å². The topological polar surface area (TPSA) is 41.6 Å². The van der Waals surface area contributed by atoms with Crippen LogP contribution in [0.15, 0.2) is 48.5 Å². The molecule has 1 N–H and O–H groups in total. The SMILES string of the molecule is CC(C)(C)OC(=O)N1CCNCC1c1ccc(-c2ccccc2)c(F)c1. The maximum absolute atomic E-state index is 14.7. The smallest absolute Gasteiger partial charge is 0.410 e. The first-order valence-corrected chi connectivity index (χ1v) is 8.90. The quantitative estimate of drug-likeness (QED) is 0.868. The highest BCUT2D eigenvalue weighted by atomic mass is 19.1. The number of ether oxygens (including phenoxy) is 1. The van der Waals surface area contributed by atoms with Crippen LogP contribution in [-0.4, -0.2) is 36.2 Å². The van der Waals surface area contributed by atoms with Crippen LogP contribution >= 0.6 is 0 Å². The molecule has 0 bridgehead atoms. The summed E-state index contributed by atoms with van der Waals surface area (Å²) in [6, 6.07) is 14.4. The van der Waals surface area contributed by atoms with E-state index in [4.69, 9.17) is 4.74 Å². The highest BCUT2D eigenvalue weighted by Gasteiger charge is 2.31. The van der Waals surface area contributed by atoms with Gasteiger partial charge in [0.15, 0.2) is 0 Å². The zero-order valence-corrected chi connectivity index (χ0v) is 15.5. The summed E-state index contributed by atoms with van der Waals surface area (Å²) < 4.78 is 20.3. The van der Waals surface area contributed by atoms with Crippen molar-refractivity contribution in [1.82, 2.24) is 10.2 Å². The number of benzene rings is 2. The van der Waals surface area contributed by atoms with Crippen molar-refractivity contribution in [2.24, 2.45) is 0 Å². The molecule has 1 fully saturated rings. The van der Waals surface area contributed by atoms with E-state index in [1.54, 1.807) is 11.0 Å². The minimum absolute atomic E-state index is 0.252. The Morgan fingerprint density at radius 3 is 2.58 bits per heavy atom. The van der Waals surface area contributed by atoms with E-state index in [9.17, 15) is 9.18 Å². The minimum Gasteiger partial charge on any atom is -0.444 e. The van der Waals surface area contributed by atoms with Gasteiger partial charge in [0.05, 0.1) is 6.04 Å². The third-order valence-corrected chi connectivity index (χ3v) is 4.33. The third kappa shape index (κ3) is 4.22. The van der Waals surface area contributed by atoms with E-state index >= 15 is 0 Å². The van der Waals surface area contributed by atoms with Gasteiger partial charge in [-0.05, 0) is 38.0 Å². The number of nitrogens with zero attached hydrogens (tertiary/aromatic N) is 1. The molecule has 0 saturated carbocycles. The number of carbonyl (C=O) groups is 1. The molecule has 0 aliphatic carbocycles. The molecule has 0 aromatic heterocycles. The molecule has 138 valence electrons. The number of halogens is 1. The molecule has 1 amide bonds. The van der Waals surface area contributed by atoms with Crippen LogP contribution in [0.1, 0.15) is 32.4 Å². The Morgan fingerprint density at radius 2 is 1.92 bits per heavy atom. The van der Waals surface area contributed by atoms with E-state index in [2.05, 4.69) is 5.32 Å². The minimum atomic E-state index is -0.561. The van der Waals surface area contributed by atoms with Crippen molar-refractivity contribution in [2.45, 2.75) is 32.4 Å². The molecule has 2 aromatic carbocycles. The number of piperazine rings is 1. The van der Waals surface area contributed by atoms with Crippen LogP contribution in [-0.2, 0) is 4.74 Å². The standard InChI is InChI=1S/C21H25FN2O2/c1-21(2,3)26-20(25)24-12-11-23-14-19(24)16-9-10-17(18(22)13-16)15-7-5-4-6-8-15/h4-10,13,19,23H,11-12,14H2,1-3H3. The Labute approximate surface area is 154 Å². The lowest BCUT2D eigenvalue weighted by molar-refractivity contribution is 0.0117. The number of hydrogen-bond donors (Lipinski definition) is 1. The van der Waals surface area contributed by atoms with Crippen molar-refractivity contribution in [3.63, 3.8) is 0 Å². The molecule has 2 aromatic rings. The number of amides is 1. The van der Waals surface area contributed by atoms with Crippen molar-refractivity contribution >= 4 is 6.09 Å². The highest BCUT2D eigenvalue weighted by molar-refractivity contribution is 5.69. The van der Waals surface area contributed by atoms with Crippen molar-refractivity contribution in [3.8, 4) is 11.1 Å². The number of hydrogen-bond acceptors (Lipinski definition) is 3. The van der Waals surface area contributed by atoms with Crippen LogP contribution in [0.5, 0.6) is 0 Å². The van der Waals surface area contributed by atoms with Crippen LogP contribution in [0.3, 0.4) is 0 Å². The summed E-state index contributed by atoms with van der Waals surface area (Å²) in [6.07, 6.45) is -0.364. The van der Waals surface area contributed by atoms with Crippen molar-refractivity contribution in [1.29, 1.82) is 0 Å². The van der Waals surface area contributed by atoms with Gasteiger partial charge in [-0.2, -0.15) is 0 Å². The zero-order chi connectivity index (χ0) is 18.7. The van der Waals surface area contributed by atoms with Crippen LogP contribution in [0, 0.1) is 5.82 Å². The van der Waals surface area contributed by atoms with E-state index in [1.807, 2.05) is 57.2 Å². The summed E-state index contributed by atoms with van der Waals surface area (Å²) >= 11 is 0. The van der Waals surface area contributed by atoms with Crippen molar-refractivity contribution in [3.05, 3.63) is 59.9 Å². The van der Waals surface area contributed by atoms with Gasteiger partial charge in [0.1, 0.15) is 11.4 Å². The second-order valence-electron chi connectivity index (χ2n) is 7.50. The Morgan fingerprint density at radius 1 is 1.19 bits per heavy atom. The lowest BCUT2D eigenvalue weighted by Gasteiger charge is -2.37. The molecule has 1 unspecified atom stereocenters. The highest BCUT2D eigenvalue weighted by Crippen LogP contribution is 2.29. The molecule has 0 spiro atoms. The fourth-order valence-electron chi connectivity index (χ4n) is 3.13. The molecule has 1 aliphatic rings. The second kappa shape index (κ2) is 7.46. The molecular weight excluding hydrogens is 331 g/mol. The molecule has 1 saturated heterocycles. The van der Waals surface area contributed by atoms with E-state index in [1.165, 1.54) is 6.07 Å². The van der Waals surface area contributed by atoms with E-state index in [0.29, 0.717) is 25.2 Å². The van der Waals surface area contributed by atoms with Crippen LogP contribution < -0.4 is 5.32 Å². The fourth-order valence-corrected chi connectivity index (χ4v) is 3.13. The number of rotatable bonds is 2. The second-order valence-corrected chi connectivity index (χ2v) is 7.50. The maximum Gasteiger partial charge on any atom is 0.410 e. The molecular formula is C21H25FN2O2. The summed E-state index contributed by atoms with van der Waals surface area (Å²) in [5.74, 6) is -0.289. The van der Waals surface area contributed by atoms with Crippen molar-refractivity contribution in [2.75, 3.05) is 19.6 Å². The Bertz CT molecular complexity index is 771. The van der Waals surface area contributed by atoms with Crippen LogP contribution in [0.25, 0.3) is 11.1 Å². The van der Waals surface area contributed by atoms with Gasteiger partial charge in [-0.1, -0.05) is 42.5 Å². The Hall–Kier alpha value is -2.40. The molecule has 5 heteroatoms. The van der Waals surface area contributed by atoms with Crippen LogP contribution in [0.2, 0.25) is 0 Å². The number of carbonyl (C=O) groups excluding carboxylic acids is 1. The van der Waals surface area contributed by atoms with Crippen molar-refractivity contribution < 1.29 is 13.9 Å². The molecule has 1 aliphatic heterocycles. The molecule has 3 rings (SSSR count). The van der Waals surface area contributed by atoms with Gasteiger partial charge in [-0.3, -0.25) is 4.90 Å². The van der Waals surface area contributed by atoms with E-state index in [-0.39, 0.29) is 18.0 Å². The maximum atomic E-state index is 14.7. The van der Waals surface area contributed by atoms with Gasteiger partial charge in [-0.15, -0.1) is 0 Å². The lowest BCUT2D eigenvalue weighted by Crippen LogP contribution is -2.50. The molecule has 1 heterocycles. The molecule has 4 nitrogen and oxygen atoms in total. The summed E-state index contributed by atoms with van der Waals surface area (Å²) in [7, 11) is 0. The normalized spacial score (nSPS) is 17.8. The Balaban J connectivity index is 1.86. The monoisotopic (exact) mass is 356 g/mol. The Kier molecular flexibility index (Phi) is 5.28. The van der Waals surface area contributed by atoms with E-state index < -0.39 is 5.60 Å². The first-order valence-electron chi connectivity index (χ1n) is 8.90. The predicted octanol–water partition coefficient (Wildman–Crippen LogP) is 4.37. The van der Waals surface area contributed by atoms with Crippen LogP contribution in [0.4, 0.5) is 9.18 Å². The largest absolute Gasteiger partial charge is 0.444 e. The zero-order valence-electron chi connectivity index (χ0n) is 15.5. The summed E-state index contributed by atoms with van der Waals surface area (Å²) in [4.78, 5) is 14.2. The van der Waals surface area contributed by atoms with Gasteiger partial charge < -0.3 is 10.1 Å². The van der Waals surface area contributed by atoms with Gasteiger partial charge in [0.25, 0.3) is 0 Å². The average Bonchev–Trinajstić information content (AvgIpc) is 2.61. The number of nitrogens with one attached hydrogen (secondary N) is 1. The molecule has 26 heavy (non-hydrogen) atoms. The third-order valence-electron chi connectivity index (χ3n) is 4.33. The average molecular weight is 356 g/mol. The van der Waals surface area contributed by atoms with Gasteiger partial charge in [0, 0.05) is 25.2 Å². The predicted molar refractivity (Wildman–Crippen MR) is 100 cm³/mol. The first kappa shape index (κ1) is 18.4. The summed E-state index contributed by atoms with van der Waals surface area (Å²) in [6.45, 7) is 7.33. The summed E-state index contributed by atoms with van der Waals surface area (Å²) in [5.41, 5.74) is 1.60.